The van der Waals surface area contributed by atoms with Gasteiger partial charge in [0.05, 0.1) is 0 Å². The van der Waals surface area contributed by atoms with E-state index < -0.39 is 11.6 Å². The molecule has 1 heterocycles. The smallest absolute Gasteiger partial charge is 0.251 e. The molecule has 0 bridgehead atoms. The molecule has 1 atom stereocenters. The zero-order chi connectivity index (χ0) is 17.6. The summed E-state index contributed by atoms with van der Waals surface area (Å²) in [7, 11) is 0. The predicted octanol–water partition coefficient (Wildman–Crippen LogP) is 4.04. The van der Waals surface area contributed by atoms with Crippen LogP contribution in [0.25, 0.3) is 10.9 Å². The van der Waals surface area contributed by atoms with Gasteiger partial charge < -0.3 is 10.3 Å². The zero-order valence-electron chi connectivity index (χ0n) is 13.8. The van der Waals surface area contributed by atoms with Crippen molar-refractivity contribution in [2.24, 2.45) is 0 Å². The Hall–Kier alpha value is -2.69. The van der Waals surface area contributed by atoms with Gasteiger partial charge in [-0.2, -0.15) is 0 Å². The number of aryl methyl sites for hydroxylation is 2. The average Bonchev–Trinajstić information content (AvgIpc) is 2.94. The summed E-state index contributed by atoms with van der Waals surface area (Å²) in [6.07, 6.45) is 2.40. The first kappa shape index (κ1) is 15.8. The lowest BCUT2D eigenvalue weighted by Crippen LogP contribution is -2.38. The minimum Gasteiger partial charge on any atom is -0.358 e. The quantitative estimate of drug-likeness (QED) is 0.726. The number of nitrogens with one attached hydrogen (secondary N) is 2. The van der Waals surface area contributed by atoms with Gasteiger partial charge in [-0.3, -0.25) is 4.79 Å². The number of rotatable bonds is 2. The van der Waals surface area contributed by atoms with Crippen LogP contribution in [0.2, 0.25) is 0 Å². The van der Waals surface area contributed by atoms with Crippen LogP contribution in [0, 0.1) is 18.6 Å². The van der Waals surface area contributed by atoms with Gasteiger partial charge in [0.2, 0.25) is 0 Å². The van der Waals surface area contributed by atoms with Crippen LogP contribution < -0.4 is 5.32 Å². The van der Waals surface area contributed by atoms with E-state index in [-0.39, 0.29) is 17.5 Å². The molecule has 0 spiro atoms. The number of aromatic amines is 1. The third-order valence-electron chi connectivity index (χ3n) is 4.86. The fraction of sp³-hybridized carbons (Fsp3) is 0.250. The number of fused-ring (bicyclic) bond motifs is 3. The van der Waals surface area contributed by atoms with Crippen molar-refractivity contribution < 1.29 is 13.6 Å². The maximum absolute atomic E-state index is 13.3. The van der Waals surface area contributed by atoms with Crippen LogP contribution >= 0.6 is 0 Å². The molecular weight excluding hydrogens is 322 g/mol. The van der Waals surface area contributed by atoms with E-state index in [4.69, 9.17) is 0 Å². The van der Waals surface area contributed by atoms with Crippen molar-refractivity contribution in [2.45, 2.75) is 32.2 Å². The summed E-state index contributed by atoms with van der Waals surface area (Å²) < 4.78 is 26.3. The van der Waals surface area contributed by atoms with Gasteiger partial charge in [0.25, 0.3) is 5.91 Å². The summed E-state index contributed by atoms with van der Waals surface area (Å²) in [5.41, 5.74) is 4.91. The Balaban J connectivity index is 1.56. The van der Waals surface area contributed by atoms with Crippen LogP contribution in [0.15, 0.2) is 36.4 Å². The Bertz CT molecular complexity index is 977. The van der Waals surface area contributed by atoms with E-state index in [0.29, 0.717) is 0 Å². The Labute approximate surface area is 144 Å². The molecule has 2 N–H and O–H groups in total. The molecule has 1 unspecified atom stereocenters. The molecule has 0 saturated heterocycles. The first-order valence-corrected chi connectivity index (χ1v) is 8.37. The van der Waals surface area contributed by atoms with Crippen LogP contribution in [0.5, 0.6) is 0 Å². The van der Waals surface area contributed by atoms with Crippen molar-refractivity contribution in [1.29, 1.82) is 0 Å². The first-order chi connectivity index (χ1) is 12.0. The van der Waals surface area contributed by atoms with Crippen molar-refractivity contribution in [2.75, 3.05) is 0 Å². The lowest BCUT2D eigenvalue weighted by molar-refractivity contribution is 0.0933. The second kappa shape index (κ2) is 5.99. The lowest BCUT2D eigenvalue weighted by atomic mass is 9.91. The SMILES string of the molecule is Cc1ccc2[nH]c3c(c2c1)CC(NC(=O)c1ccc(F)c(F)c1)CC3. The molecule has 1 amide bonds. The molecule has 0 saturated carbocycles. The largest absolute Gasteiger partial charge is 0.358 e. The number of halogens is 2. The molecule has 1 aliphatic rings. The molecule has 1 aromatic heterocycles. The molecule has 0 radical (unpaired) electrons. The summed E-state index contributed by atoms with van der Waals surface area (Å²) in [6, 6.07) is 9.51. The summed E-state index contributed by atoms with van der Waals surface area (Å²) in [6.45, 7) is 2.06. The topological polar surface area (TPSA) is 44.9 Å². The Morgan fingerprint density at radius 2 is 2.00 bits per heavy atom. The highest BCUT2D eigenvalue weighted by molar-refractivity contribution is 5.94. The minimum absolute atomic E-state index is 0.0207. The zero-order valence-corrected chi connectivity index (χ0v) is 13.8. The third-order valence-corrected chi connectivity index (χ3v) is 4.86. The monoisotopic (exact) mass is 340 g/mol. The number of hydrogen-bond donors (Lipinski definition) is 2. The van der Waals surface area contributed by atoms with Crippen LogP contribution in [-0.4, -0.2) is 16.9 Å². The number of benzene rings is 2. The molecule has 128 valence electrons. The highest BCUT2D eigenvalue weighted by Gasteiger charge is 2.24. The molecule has 3 nitrogen and oxygen atoms in total. The number of amides is 1. The Morgan fingerprint density at radius 3 is 2.80 bits per heavy atom. The molecule has 5 heteroatoms. The second-order valence-corrected chi connectivity index (χ2v) is 6.67. The van der Waals surface area contributed by atoms with Gasteiger partial charge in [-0.15, -0.1) is 0 Å². The summed E-state index contributed by atoms with van der Waals surface area (Å²) in [5, 5.41) is 4.15. The van der Waals surface area contributed by atoms with Crippen molar-refractivity contribution in [3.8, 4) is 0 Å². The van der Waals surface area contributed by atoms with E-state index in [1.165, 1.54) is 28.3 Å². The maximum atomic E-state index is 13.3. The van der Waals surface area contributed by atoms with Gasteiger partial charge in [-0.1, -0.05) is 11.6 Å². The maximum Gasteiger partial charge on any atom is 0.251 e. The van der Waals surface area contributed by atoms with Crippen LogP contribution in [0.1, 0.15) is 33.6 Å². The Morgan fingerprint density at radius 1 is 1.16 bits per heavy atom. The third kappa shape index (κ3) is 2.90. The normalized spacial score (nSPS) is 16.7. The van der Waals surface area contributed by atoms with Crippen LogP contribution in [-0.2, 0) is 12.8 Å². The fourth-order valence-corrected chi connectivity index (χ4v) is 3.56. The molecule has 25 heavy (non-hydrogen) atoms. The number of H-pyrrole nitrogens is 1. The summed E-state index contributed by atoms with van der Waals surface area (Å²) >= 11 is 0. The highest BCUT2D eigenvalue weighted by atomic mass is 19.2. The molecule has 2 aromatic carbocycles. The van der Waals surface area contributed by atoms with E-state index in [2.05, 4.69) is 35.4 Å². The van der Waals surface area contributed by atoms with E-state index in [0.717, 1.165) is 36.9 Å². The number of aromatic nitrogens is 1. The summed E-state index contributed by atoms with van der Waals surface area (Å²) in [5.74, 6) is -2.33. The molecule has 1 aliphatic carbocycles. The van der Waals surface area contributed by atoms with Gasteiger partial charge in [0.15, 0.2) is 11.6 Å². The van der Waals surface area contributed by atoms with Gasteiger partial charge >= 0.3 is 0 Å². The van der Waals surface area contributed by atoms with Gasteiger partial charge in [-0.05, 0) is 62.1 Å². The fourth-order valence-electron chi connectivity index (χ4n) is 3.56. The minimum atomic E-state index is -1.01. The van der Waals surface area contributed by atoms with Gasteiger partial charge in [0, 0.05) is 28.2 Å². The van der Waals surface area contributed by atoms with Crippen molar-refractivity contribution in [3.05, 3.63) is 70.4 Å². The summed E-state index contributed by atoms with van der Waals surface area (Å²) in [4.78, 5) is 15.8. The van der Waals surface area contributed by atoms with E-state index in [9.17, 15) is 13.6 Å². The second-order valence-electron chi connectivity index (χ2n) is 6.67. The van der Waals surface area contributed by atoms with Crippen molar-refractivity contribution in [3.63, 3.8) is 0 Å². The number of hydrogen-bond acceptors (Lipinski definition) is 1. The first-order valence-electron chi connectivity index (χ1n) is 8.37. The van der Waals surface area contributed by atoms with Gasteiger partial charge in [0.1, 0.15) is 0 Å². The van der Waals surface area contributed by atoms with Crippen molar-refractivity contribution in [1.82, 2.24) is 10.3 Å². The Kier molecular flexibility index (Phi) is 3.79. The van der Waals surface area contributed by atoms with Crippen LogP contribution in [0.3, 0.4) is 0 Å². The molecular formula is C20H18F2N2O. The van der Waals surface area contributed by atoms with Crippen molar-refractivity contribution >= 4 is 16.8 Å². The molecule has 3 aromatic rings. The lowest BCUT2D eigenvalue weighted by Gasteiger charge is -2.23. The highest BCUT2D eigenvalue weighted by Crippen LogP contribution is 2.30. The molecule has 0 fully saturated rings. The number of carbonyl (C=O) groups excluding carboxylic acids is 1. The molecule has 0 aliphatic heterocycles. The van der Waals surface area contributed by atoms with Crippen LogP contribution in [0.4, 0.5) is 8.78 Å². The average molecular weight is 340 g/mol. The molecule has 4 rings (SSSR count). The van der Waals surface area contributed by atoms with E-state index in [1.807, 2.05) is 0 Å². The van der Waals surface area contributed by atoms with E-state index >= 15 is 0 Å². The van der Waals surface area contributed by atoms with E-state index in [1.54, 1.807) is 0 Å². The predicted molar refractivity (Wildman–Crippen MR) is 92.7 cm³/mol. The van der Waals surface area contributed by atoms with Gasteiger partial charge in [-0.25, -0.2) is 8.78 Å². The number of carbonyl (C=O) groups is 1. The standard InChI is InChI=1S/C20H18F2N2O/c1-11-2-6-18-14(8-11)15-10-13(4-7-19(15)24-18)23-20(25)12-3-5-16(21)17(22)9-12/h2-3,5-6,8-9,13,24H,4,7,10H2,1H3,(H,23,25).